The molecule has 0 spiro atoms. The molecule has 154 valence electrons. The molecule has 0 amide bonds. The van der Waals surface area contributed by atoms with E-state index in [0.717, 1.165) is 38.5 Å². The van der Waals surface area contributed by atoms with Crippen LogP contribution in [0.1, 0.15) is 75.2 Å². The largest absolute Gasteiger partial charge is 0.465 e. The summed E-state index contributed by atoms with van der Waals surface area (Å²) in [5, 5.41) is 0.407. The lowest BCUT2D eigenvalue weighted by Crippen LogP contribution is -2.41. The Morgan fingerprint density at radius 2 is 1.59 bits per heavy atom. The second-order valence-corrected chi connectivity index (χ2v) is 11.8. The highest BCUT2D eigenvalue weighted by Gasteiger charge is 2.33. The van der Waals surface area contributed by atoms with E-state index in [-0.39, 0.29) is 0 Å². The Hall–Kier alpha value is -1.20. The molecule has 1 aromatic rings. The number of carbonyl (C=O) groups is 1. The Morgan fingerprint density at radius 3 is 2.00 bits per heavy atom. The number of methoxy groups -OCH3 is 1. The Bertz CT molecular complexity index is 684. The molecule has 0 aliphatic heterocycles. The summed E-state index contributed by atoms with van der Waals surface area (Å²) in [5.74, 6) is 1.49. The molecule has 0 N–H and O–H groups in total. The molecule has 0 radical (unpaired) electrons. The van der Waals surface area contributed by atoms with Crippen LogP contribution in [-0.4, -0.2) is 40.8 Å². The summed E-state index contributed by atoms with van der Waals surface area (Å²) in [5.41, 5.74) is 1.06. The van der Waals surface area contributed by atoms with Crippen LogP contribution in [0.3, 0.4) is 0 Å². The van der Waals surface area contributed by atoms with Crippen molar-refractivity contribution in [1.29, 1.82) is 0 Å². The number of unbranched alkanes of at least 4 members (excludes halogenated alkanes) is 3. The van der Waals surface area contributed by atoms with Crippen molar-refractivity contribution >= 4 is 33.0 Å². The third-order valence-electron chi connectivity index (χ3n) is 4.76. The molecule has 0 atom stereocenters. The van der Waals surface area contributed by atoms with E-state index in [1.807, 2.05) is 0 Å². The summed E-state index contributed by atoms with van der Waals surface area (Å²) in [6.07, 6.45) is 7.37. The molecule has 1 rings (SSSR count). The summed E-state index contributed by atoms with van der Waals surface area (Å²) < 4.78 is 23.7. The maximum absolute atomic E-state index is 14.3. The molecule has 0 heterocycles. The van der Waals surface area contributed by atoms with E-state index >= 15 is 0 Å². The lowest BCUT2D eigenvalue weighted by molar-refractivity contribution is 0.0600. The van der Waals surface area contributed by atoms with Gasteiger partial charge < -0.3 is 4.74 Å². The molecule has 6 heteroatoms. The van der Waals surface area contributed by atoms with Gasteiger partial charge in [-0.2, -0.15) is 0 Å². The van der Waals surface area contributed by atoms with Crippen LogP contribution in [0.25, 0.3) is 0 Å². The summed E-state index contributed by atoms with van der Waals surface area (Å²) in [7, 11) is -1.80. The Morgan fingerprint density at radius 1 is 1.07 bits per heavy atom. The first-order valence-corrected chi connectivity index (χ1v) is 12.7. The van der Waals surface area contributed by atoms with Crippen LogP contribution in [0.15, 0.2) is 22.6 Å². The highest BCUT2D eigenvalue weighted by atomic mass is 35.5. The SMILES string of the molecule is CCCCS(=O)(CCCC)(CCCC)N=Cc1ccc(C(=O)OC)cc1Cl. The maximum atomic E-state index is 14.3. The van der Waals surface area contributed by atoms with Crippen LogP contribution in [0.4, 0.5) is 0 Å². The first kappa shape index (κ1) is 23.8. The molecule has 27 heavy (non-hydrogen) atoms. The molecular weight excluding hydrogens is 382 g/mol. The minimum atomic E-state index is -3.14. The Balaban J connectivity index is 3.26. The van der Waals surface area contributed by atoms with Crippen molar-refractivity contribution in [3.05, 3.63) is 34.3 Å². The fourth-order valence-corrected chi connectivity index (χ4v) is 7.32. The van der Waals surface area contributed by atoms with Crippen molar-refractivity contribution in [3.63, 3.8) is 0 Å². The maximum Gasteiger partial charge on any atom is 0.337 e. The van der Waals surface area contributed by atoms with Crippen molar-refractivity contribution in [3.8, 4) is 0 Å². The van der Waals surface area contributed by atoms with Crippen molar-refractivity contribution < 1.29 is 13.7 Å². The first-order chi connectivity index (χ1) is 12.8. The van der Waals surface area contributed by atoms with Crippen molar-refractivity contribution in [2.45, 2.75) is 59.3 Å². The van der Waals surface area contributed by atoms with E-state index in [0.29, 0.717) is 33.4 Å². The molecule has 0 bridgehead atoms. The molecule has 0 aliphatic rings. The number of ether oxygens (including phenoxy) is 1. The number of benzene rings is 1. The summed E-state index contributed by atoms with van der Waals surface area (Å²) in [6.45, 7) is 6.34. The van der Waals surface area contributed by atoms with Crippen LogP contribution in [0, 0.1) is 0 Å². The molecule has 0 aromatic heterocycles. The molecule has 0 unspecified atom stereocenters. The first-order valence-electron chi connectivity index (χ1n) is 9.88. The van der Waals surface area contributed by atoms with Gasteiger partial charge in [0.1, 0.15) is 0 Å². The van der Waals surface area contributed by atoms with Crippen molar-refractivity contribution in [2.24, 2.45) is 4.40 Å². The average Bonchev–Trinajstić information content (AvgIpc) is 2.68. The monoisotopic (exact) mass is 415 g/mol. The minimum Gasteiger partial charge on any atom is -0.465 e. The zero-order chi connectivity index (χ0) is 20.4. The molecular formula is C21H34ClNO3S. The van der Waals surface area contributed by atoms with E-state index in [2.05, 4.69) is 20.8 Å². The number of esters is 1. The van der Waals surface area contributed by atoms with Crippen LogP contribution in [0.5, 0.6) is 0 Å². The highest BCUT2D eigenvalue weighted by Crippen LogP contribution is 2.33. The average molecular weight is 416 g/mol. The van der Waals surface area contributed by atoms with Crippen LogP contribution in [-0.2, 0) is 14.0 Å². The molecule has 0 fully saturated rings. The number of hydrogen-bond acceptors (Lipinski definition) is 3. The third-order valence-corrected chi connectivity index (χ3v) is 9.38. The van der Waals surface area contributed by atoms with Crippen LogP contribution in [0.2, 0.25) is 5.02 Å². The van der Waals surface area contributed by atoms with E-state index in [1.54, 1.807) is 24.4 Å². The van der Waals surface area contributed by atoms with E-state index in [9.17, 15) is 9.00 Å². The van der Waals surface area contributed by atoms with Gasteiger partial charge >= 0.3 is 5.97 Å². The second-order valence-electron chi connectivity index (χ2n) is 7.06. The number of halogens is 1. The second kappa shape index (κ2) is 11.0. The van der Waals surface area contributed by atoms with Gasteiger partial charge in [0.2, 0.25) is 0 Å². The molecule has 0 saturated carbocycles. The lowest BCUT2D eigenvalue weighted by Gasteiger charge is -2.39. The van der Waals surface area contributed by atoms with Crippen LogP contribution >= 0.6 is 11.6 Å². The highest BCUT2D eigenvalue weighted by molar-refractivity contribution is 8.18. The fraction of sp³-hybridized carbons (Fsp3) is 0.619. The van der Waals surface area contributed by atoms with Crippen molar-refractivity contribution in [1.82, 2.24) is 0 Å². The van der Waals surface area contributed by atoms with Gasteiger partial charge in [-0.05, 0) is 40.6 Å². The van der Waals surface area contributed by atoms with E-state index in [1.165, 1.54) is 7.11 Å². The van der Waals surface area contributed by atoms with E-state index < -0.39 is 15.2 Å². The summed E-state index contributed by atoms with van der Waals surface area (Å²) in [6, 6.07) is 4.95. The number of hydrogen-bond donors (Lipinski definition) is 0. The normalized spacial score (nSPS) is 13.4. The van der Waals surface area contributed by atoms with Gasteiger partial charge in [0, 0.05) is 29.0 Å². The van der Waals surface area contributed by atoms with Gasteiger partial charge in [0.25, 0.3) is 0 Å². The zero-order valence-corrected chi connectivity index (χ0v) is 18.7. The van der Waals surface area contributed by atoms with Gasteiger partial charge in [-0.1, -0.05) is 57.7 Å². The van der Waals surface area contributed by atoms with Gasteiger partial charge in [-0.3, -0.25) is 4.21 Å². The van der Waals surface area contributed by atoms with E-state index in [4.69, 9.17) is 20.7 Å². The number of carbonyl (C=O) groups excluding carboxylic acids is 1. The van der Waals surface area contributed by atoms with Gasteiger partial charge in [-0.15, -0.1) is 0 Å². The Labute approximate surface area is 169 Å². The van der Waals surface area contributed by atoms with Gasteiger partial charge in [-0.25, -0.2) is 9.19 Å². The number of rotatable bonds is 12. The number of nitrogens with zero attached hydrogens (tertiary/aromatic N) is 1. The third kappa shape index (κ3) is 7.04. The fourth-order valence-electron chi connectivity index (χ4n) is 2.95. The summed E-state index contributed by atoms with van der Waals surface area (Å²) >= 11 is 6.33. The standard InChI is InChI=1S/C21H34ClNO3S/c1-5-8-13-27(25,14-9-6-2,15-10-7-3)23-17-19-12-11-18(16-20(19)22)21(24)26-4/h11-12,16-17H,5-10,13-15H2,1-4H3. The zero-order valence-electron chi connectivity index (χ0n) is 17.1. The predicted molar refractivity (Wildman–Crippen MR) is 118 cm³/mol. The quantitative estimate of drug-likeness (QED) is 0.326. The lowest BCUT2D eigenvalue weighted by atomic mass is 10.1. The minimum absolute atomic E-state index is 0.389. The van der Waals surface area contributed by atoms with Crippen molar-refractivity contribution in [2.75, 3.05) is 24.4 Å². The predicted octanol–water partition coefficient (Wildman–Crippen LogP) is 5.68. The topological polar surface area (TPSA) is 55.7 Å². The molecule has 4 nitrogen and oxygen atoms in total. The molecule has 1 aromatic carbocycles. The van der Waals surface area contributed by atoms with Crippen LogP contribution < -0.4 is 0 Å². The molecule has 0 aliphatic carbocycles. The molecule has 0 saturated heterocycles. The Kier molecular flexibility index (Phi) is 9.68. The summed E-state index contributed by atoms with van der Waals surface area (Å²) in [4.78, 5) is 11.6. The smallest absolute Gasteiger partial charge is 0.337 e. The van der Waals surface area contributed by atoms with Gasteiger partial charge in [0.15, 0.2) is 0 Å². The van der Waals surface area contributed by atoms with Gasteiger partial charge in [0.05, 0.1) is 17.7 Å².